The maximum absolute atomic E-state index is 12.5. The van der Waals surface area contributed by atoms with E-state index >= 15 is 0 Å². The Bertz CT molecular complexity index is 3240. The number of nitrogens with one attached hydrogen (secondary N) is 1. The van der Waals surface area contributed by atoms with Crippen LogP contribution in [0.3, 0.4) is 0 Å². The number of nitrogen functional groups attached to an aromatic ring is 1. The second-order valence-electron chi connectivity index (χ2n) is 22.9. The monoisotopic (exact) mass is 1250 g/mol. The number of hydrogen-bond donors (Lipinski definition) is 3. The zero-order valence-electron chi connectivity index (χ0n) is 53.3. The summed E-state index contributed by atoms with van der Waals surface area (Å²) in [6.45, 7) is 10.5. The van der Waals surface area contributed by atoms with Gasteiger partial charge in [0.15, 0.2) is 17.5 Å². The van der Waals surface area contributed by atoms with E-state index in [0.717, 1.165) is 62.7 Å². The van der Waals surface area contributed by atoms with E-state index < -0.39 is 9.85 Å². The molecular formula is C70H94FN13O7. The van der Waals surface area contributed by atoms with E-state index in [4.69, 9.17) is 10.5 Å². The Labute approximate surface area is 536 Å². The summed E-state index contributed by atoms with van der Waals surface area (Å²) in [4.78, 5) is 43.0. The Kier molecular flexibility index (Phi) is 29.9. The molecule has 0 spiro atoms. The number of halogens is 1. The van der Waals surface area contributed by atoms with E-state index in [9.17, 15) is 29.7 Å². The molecule has 0 amide bonds. The maximum atomic E-state index is 12.5. The Morgan fingerprint density at radius 2 is 0.846 bits per heavy atom. The molecule has 0 radical (unpaired) electrons. The number of aromatic nitrogens is 6. The second-order valence-corrected chi connectivity index (χ2v) is 22.9. The van der Waals surface area contributed by atoms with Crippen LogP contribution >= 0.6 is 0 Å². The molecule has 488 valence electrons. The number of piperidine rings is 4. The van der Waals surface area contributed by atoms with Crippen LogP contribution in [0.15, 0.2) is 159 Å². The van der Waals surface area contributed by atoms with E-state index in [0.29, 0.717) is 12.5 Å². The van der Waals surface area contributed by atoms with E-state index in [1.807, 2.05) is 59.3 Å². The number of ether oxygens (including phenoxy) is 2. The third-order valence-electron chi connectivity index (χ3n) is 16.5. The number of hydrogen-bond acceptors (Lipinski definition) is 15. The number of methoxy groups -OCH3 is 2. The number of para-hydroxylation sites is 6. The maximum Gasteiger partial charge on any atom is 0.434 e. The van der Waals surface area contributed by atoms with Crippen LogP contribution in [0.2, 0.25) is 0 Å². The number of rotatable bonds is 13. The summed E-state index contributed by atoms with van der Waals surface area (Å²) in [7, 11) is 3.18. The number of aliphatic hydroxyl groups is 1. The lowest BCUT2D eigenvalue weighted by Crippen LogP contribution is -2.30. The summed E-state index contributed by atoms with van der Waals surface area (Å²) in [5.41, 5.74) is 14.3. The summed E-state index contributed by atoms with van der Waals surface area (Å²) in [5.74, 6) is 1.22. The summed E-state index contributed by atoms with van der Waals surface area (Å²) in [6.07, 6.45) is 34.1. The third-order valence-corrected chi connectivity index (χ3v) is 16.5. The van der Waals surface area contributed by atoms with Crippen molar-refractivity contribution < 1.29 is 28.8 Å². The van der Waals surface area contributed by atoms with Crippen molar-refractivity contribution in [3.05, 3.63) is 201 Å². The number of aliphatic hydroxyl groups excluding tert-OH is 1. The molecule has 1 aliphatic carbocycles. The minimum atomic E-state index is -0.583. The highest BCUT2D eigenvalue weighted by Crippen LogP contribution is 2.31. The van der Waals surface area contributed by atoms with Crippen molar-refractivity contribution in [2.24, 2.45) is 0 Å². The fraction of sp³-hybridized carbons (Fsp3) is 0.443. The van der Waals surface area contributed by atoms with Crippen LogP contribution in [0, 0.1) is 26.0 Å². The minimum absolute atomic E-state index is 0.108. The molecular weight excluding hydrogens is 1150 g/mol. The van der Waals surface area contributed by atoms with E-state index in [-0.39, 0.29) is 30.1 Å². The lowest BCUT2D eigenvalue weighted by molar-refractivity contribution is -0.396. The van der Waals surface area contributed by atoms with Gasteiger partial charge in [-0.3, -0.25) is 0 Å². The van der Waals surface area contributed by atoms with Crippen LogP contribution in [0.25, 0.3) is 0 Å². The smallest absolute Gasteiger partial charge is 0.434 e. The zero-order valence-corrected chi connectivity index (χ0v) is 53.3. The molecule has 4 saturated heterocycles. The number of benzene rings is 5. The van der Waals surface area contributed by atoms with Crippen molar-refractivity contribution in [1.82, 2.24) is 29.1 Å². The van der Waals surface area contributed by atoms with Crippen molar-refractivity contribution in [2.45, 2.75) is 135 Å². The van der Waals surface area contributed by atoms with Gasteiger partial charge in [0, 0.05) is 92.9 Å². The normalized spacial score (nSPS) is 15.3. The molecule has 5 fully saturated rings. The molecule has 0 unspecified atom stereocenters. The number of H-pyrrole nitrogens is 1. The second kappa shape index (κ2) is 39.2. The molecule has 20 nitrogen and oxygen atoms in total. The van der Waals surface area contributed by atoms with Crippen LogP contribution in [0.4, 0.5) is 45.0 Å². The average molecular weight is 1250 g/mol. The third kappa shape index (κ3) is 22.8. The van der Waals surface area contributed by atoms with Gasteiger partial charge in [-0.25, -0.2) is 18.9 Å². The van der Waals surface area contributed by atoms with Gasteiger partial charge in [0.25, 0.3) is 0 Å². The molecule has 21 heteroatoms. The first-order chi connectivity index (χ1) is 44.6. The minimum Gasteiger partial charge on any atom is -0.495 e. The van der Waals surface area contributed by atoms with Gasteiger partial charge in [-0.1, -0.05) is 127 Å². The van der Waals surface area contributed by atoms with Crippen molar-refractivity contribution >= 4 is 40.6 Å². The van der Waals surface area contributed by atoms with Crippen LogP contribution < -0.4 is 34.8 Å². The Balaban J connectivity index is 0.000000156. The van der Waals surface area contributed by atoms with Gasteiger partial charge in [0.1, 0.15) is 24.3 Å². The summed E-state index contributed by atoms with van der Waals surface area (Å²) >= 11 is 0. The van der Waals surface area contributed by atoms with Gasteiger partial charge in [-0.05, 0) is 135 Å². The Hall–Kier alpha value is -8.98. The Morgan fingerprint density at radius 3 is 1.23 bits per heavy atom. The quantitative estimate of drug-likeness (QED) is 0.0720. The standard InChI is InChI=1S/C15H18N4O2.C15H20N4.2C12H17NO.C7H7FO.C6H12.C3H3N3O2/c20-19(21)15-16-8-11-18(15)12-13-6-2-3-7-14(13)17-9-4-1-5-10-17;16-15-17-8-11-19(15)12-13-6-2-3-7-14(13)18-9-4-1-5-10-18;1-14-12-8-4-3-7-11(12)13-9-5-2-6-10-13;14-10-11-6-2-3-7-12(11)13-8-4-1-5-9-13;1-9-7-5-3-2-4-6(7)8;1-2-4-6-5-3-1;7-6(8)3-4-1-2-5-3/h2-3,6-8,11H,1,4-5,9-10,12H2;2-3,6-8,11H,1,4-5,9-10,12H2,(H2,16,17);3-4,7-8H,2,5-6,9-10H2,1H3;2-3,6-7,14H,1,4-5,8-10H2;2-5H,1H3;1-6H2;1-2H,(H,4,5). The van der Waals surface area contributed by atoms with Crippen molar-refractivity contribution in [3.8, 4) is 11.5 Å². The number of aromatic amines is 1. The summed E-state index contributed by atoms with van der Waals surface area (Å²) < 4.78 is 26.1. The predicted molar refractivity (Wildman–Crippen MR) is 362 cm³/mol. The van der Waals surface area contributed by atoms with Gasteiger partial charge in [-0.2, -0.15) is 0 Å². The highest BCUT2D eigenvalue weighted by atomic mass is 19.1. The average Bonchev–Trinajstić information content (AvgIpc) is 3.65. The van der Waals surface area contributed by atoms with E-state index in [2.05, 4.69) is 92.8 Å². The van der Waals surface area contributed by atoms with Crippen LogP contribution in [-0.4, -0.2) is 111 Å². The first kappa shape index (κ1) is 69.5. The molecule has 4 N–H and O–H groups in total. The SMILES string of the molecule is C1CCCCC1.COc1ccccc1F.COc1ccccc1N1CCCCC1.Nc1nccn1Cc1ccccc1N1CCCCC1.O=[N+]([O-])c1ncc[nH]1.O=[N+]([O-])c1nccn1Cc1ccccc1N1CCCCC1.OCc1ccccc1N1CCCCC1. The van der Waals surface area contributed by atoms with Gasteiger partial charge in [0.05, 0.1) is 45.8 Å². The summed E-state index contributed by atoms with van der Waals surface area (Å²) in [5, 5.41) is 30.0. The fourth-order valence-electron chi connectivity index (χ4n) is 11.8. The van der Waals surface area contributed by atoms with Crippen LogP contribution in [-0.2, 0) is 19.7 Å². The topological polar surface area (TPSA) is 228 Å². The van der Waals surface area contributed by atoms with Crippen LogP contribution in [0.1, 0.15) is 132 Å². The molecule has 5 aliphatic rings. The summed E-state index contributed by atoms with van der Waals surface area (Å²) in [6, 6.07) is 39.4. The highest BCUT2D eigenvalue weighted by molar-refractivity contribution is 5.59. The van der Waals surface area contributed by atoms with Crippen molar-refractivity contribution in [2.75, 3.05) is 91.9 Å². The van der Waals surface area contributed by atoms with Gasteiger partial charge in [0.2, 0.25) is 0 Å². The van der Waals surface area contributed by atoms with Crippen molar-refractivity contribution in [1.29, 1.82) is 0 Å². The molecule has 91 heavy (non-hydrogen) atoms. The van der Waals surface area contributed by atoms with Gasteiger partial charge >= 0.3 is 11.9 Å². The number of imidazole rings is 3. The molecule has 7 heterocycles. The lowest BCUT2D eigenvalue weighted by Gasteiger charge is -2.30. The molecule has 1 saturated carbocycles. The molecule has 13 rings (SSSR count). The number of nitrogens with zero attached hydrogens (tertiary/aromatic N) is 11. The highest BCUT2D eigenvalue weighted by Gasteiger charge is 2.20. The number of nitro groups is 2. The van der Waals surface area contributed by atoms with Gasteiger partial charge in [-0.15, -0.1) is 0 Å². The zero-order chi connectivity index (χ0) is 64.3. The molecule has 0 bridgehead atoms. The largest absolute Gasteiger partial charge is 0.495 e. The van der Waals surface area contributed by atoms with Crippen molar-refractivity contribution in [3.63, 3.8) is 0 Å². The first-order valence-corrected chi connectivity index (χ1v) is 32.4. The fourth-order valence-corrected chi connectivity index (χ4v) is 11.8. The first-order valence-electron chi connectivity index (χ1n) is 32.4. The number of nitrogens with two attached hydrogens (primary N) is 1. The van der Waals surface area contributed by atoms with Gasteiger partial charge < -0.3 is 64.7 Å². The molecule has 3 aromatic heterocycles. The molecule has 5 aromatic carbocycles. The van der Waals surface area contributed by atoms with Crippen LogP contribution in [0.5, 0.6) is 11.5 Å². The number of anilines is 5. The van der Waals surface area contributed by atoms with E-state index in [1.54, 1.807) is 42.3 Å². The Morgan fingerprint density at radius 1 is 0.473 bits per heavy atom. The predicted octanol–water partition coefficient (Wildman–Crippen LogP) is 14.7. The van der Waals surface area contributed by atoms with E-state index in [1.165, 1.54) is 189 Å². The molecule has 8 aromatic rings. The lowest BCUT2D eigenvalue weighted by atomic mass is 10.0. The molecule has 4 aliphatic heterocycles. The molecule has 0 atom stereocenters.